The van der Waals surface area contributed by atoms with E-state index in [9.17, 15) is 35.4 Å². The Morgan fingerprint density at radius 2 is 1.71 bits per heavy atom. The van der Waals surface area contributed by atoms with Crippen LogP contribution in [0.2, 0.25) is 0 Å². The molecule has 7 heteroatoms. The van der Waals surface area contributed by atoms with Crippen molar-refractivity contribution in [3.8, 4) is 0 Å². The maximum atomic E-state index is 13.2. The number of fused-ring (bicyclic) bond motifs is 5. The Kier molecular flexibility index (Phi) is 6.24. The average Bonchev–Trinajstić information content (AvgIpc) is 3.00. The number of carbonyl (C=O) groups excluding carboxylic acids is 1. The van der Waals surface area contributed by atoms with Crippen LogP contribution < -0.4 is 0 Å². The van der Waals surface area contributed by atoms with Crippen LogP contribution in [-0.4, -0.2) is 71.5 Å². The van der Waals surface area contributed by atoms with Crippen LogP contribution in [-0.2, 0) is 4.79 Å². The van der Waals surface area contributed by atoms with E-state index >= 15 is 0 Å². The third-order valence-electron chi connectivity index (χ3n) is 10.5. The minimum atomic E-state index is -1.46. The Morgan fingerprint density at radius 3 is 2.32 bits per heavy atom. The summed E-state index contributed by atoms with van der Waals surface area (Å²) in [6, 6.07) is 0. The van der Waals surface area contributed by atoms with Crippen molar-refractivity contribution >= 4 is 5.78 Å². The number of ketones is 1. The molecule has 4 aliphatic rings. The Morgan fingerprint density at radius 1 is 1.06 bits per heavy atom. The molecule has 0 bridgehead atoms. The van der Waals surface area contributed by atoms with E-state index in [4.69, 9.17) is 0 Å². The first-order valence-electron chi connectivity index (χ1n) is 12.9. The Balaban J connectivity index is 1.66. The van der Waals surface area contributed by atoms with E-state index in [1.165, 1.54) is 0 Å². The molecule has 0 radical (unpaired) electrons. The fourth-order valence-electron chi connectivity index (χ4n) is 8.32. The molecule has 0 aliphatic heterocycles. The molecule has 6 N–H and O–H groups in total. The Hall–Kier alpha value is -0.830. The molecule has 7 nitrogen and oxygen atoms in total. The SMILES string of the molecule is CC(C)(O)CC[C@@H](O)[C@@](C)(O)[C@H]1CC[C@@]2(O)C3=CC(=O)C4C[C@@H](O)[C@@H](O)C[C@]4(C)[C@H]3CC[C@]12C. The smallest absolute Gasteiger partial charge is 0.159 e. The second kappa shape index (κ2) is 8.09. The van der Waals surface area contributed by atoms with Crippen molar-refractivity contribution in [1.29, 1.82) is 0 Å². The second-order valence-electron chi connectivity index (χ2n) is 13.2. The van der Waals surface area contributed by atoms with E-state index in [0.717, 1.165) is 0 Å². The highest BCUT2D eigenvalue weighted by molar-refractivity contribution is 5.95. The molecule has 0 amide bonds. The zero-order valence-electron chi connectivity index (χ0n) is 21.3. The predicted octanol–water partition coefficient (Wildman–Crippen LogP) is 1.85. The fourth-order valence-corrected chi connectivity index (χ4v) is 8.32. The van der Waals surface area contributed by atoms with E-state index in [1.54, 1.807) is 26.8 Å². The largest absolute Gasteiger partial charge is 0.390 e. The number of aliphatic hydroxyl groups excluding tert-OH is 3. The van der Waals surface area contributed by atoms with Gasteiger partial charge in [-0.1, -0.05) is 13.8 Å². The van der Waals surface area contributed by atoms with Gasteiger partial charge in [-0.15, -0.1) is 0 Å². The van der Waals surface area contributed by atoms with E-state index in [0.29, 0.717) is 44.1 Å². The number of rotatable bonds is 5. The third-order valence-corrected chi connectivity index (χ3v) is 10.5. The molecule has 194 valence electrons. The monoisotopic (exact) mass is 480 g/mol. The Bertz CT molecular complexity index is 860. The van der Waals surface area contributed by atoms with Crippen molar-refractivity contribution in [3.05, 3.63) is 11.6 Å². The summed E-state index contributed by atoms with van der Waals surface area (Å²) in [6.07, 6.45) is 2.11. The molecule has 4 rings (SSSR count). The number of hydrogen-bond donors (Lipinski definition) is 6. The van der Waals surface area contributed by atoms with Gasteiger partial charge in [0.05, 0.1) is 35.1 Å². The van der Waals surface area contributed by atoms with Crippen molar-refractivity contribution in [1.82, 2.24) is 0 Å². The topological polar surface area (TPSA) is 138 Å². The lowest BCUT2D eigenvalue weighted by Gasteiger charge is -2.60. The summed E-state index contributed by atoms with van der Waals surface area (Å²) < 4.78 is 0. The summed E-state index contributed by atoms with van der Waals surface area (Å²) in [5, 5.41) is 65.5. The van der Waals surface area contributed by atoms with E-state index < -0.39 is 45.9 Å². The van der Waals surface area contributed by atoms with E-state index in [1.807, 2.05) is 13.8 Å². The first kappa shape index (κ1) is 26.2. The van der Waals surface area contributed by atoms with Gasteiger partial charge in [0, 0.05) is 11.3 Å². The molecule has 0 aromatic heterocycles. The molecule has 10 atom stereocenters. The van der Waals surface area contributed by atoms with Crippen LogP contribution in [0.3, 0.4) is 0 Å². The molecule has 3 saturated carbocycles. The van der Waals surface area contributed by atoms with Gasteiger partial charge in [-0.2, -0.15) is 0 Å². The highest BCUT2D eigenvalue weighted by atomic mass is 16.3. The molecule has 34 heavy (non-hydrogen) atoms. The van der Waals surface area contributed by atoms with Crippen molar-refractivity contribution in [2.75, 3.05) is 0 Å². The highest BCUT2D eigenvalue weighted by Gasteiger charge is 2.69. The molecule has 0 heterocycles. The minimum absolute atomic E-state index is 0.0840. The van der Waals surface area contributed by atoms with Gasteiger partial charge in [-0.05, 0) is 101 Å². The lowest BCUT2D eigenvalue weighted by atomic mass is 9.45. The first-order chi connectivity index (χ1) is 15.5. The highest BCUT2D eigenvalue weighted by Crippen LogP contribution is 2.68. The molecule has 0 saturated heterocycles. The summed E-state index contributed by atoms with van der Waals surface area (Å²) in [5.41, 5.74) is -4.27. The molecule has 0 aromatic carbocycles. The normalized spacial score (nSPS) is 47.2. The van der Waals surface area contributed by atoms with Crippen molar-refractivity contribution < 1.29 is 35.4 Å². The standard InChI is InChI=1S/C27H44O7/c1-23(2,32)9-8-22(31)26(5,33)21-7-11-27(34)16-12-18(28)17-13-19(29)20(30)14-24(17,3)15(16)6-10-25(21,27)4/h12,15,17,19-22,29-34H,6-11,13-14H2,1-5H3/t15-,17?,19+,20-,21-,22+,24+,25+,26-,27+/m0/s1. The van der Waals surface area contributed by atoms with Gasteiger partial charge >= 0.3 is 0 Å². The lowest BCUT2D eigenvalue weighted by Crippen LogP contribution is -2.62. The maximum Gasteiger partial charge on any atom is 0.159 e. The van der Waals surface area contributed by atoms with Crippen molar-refractivity contribution in [2.45, 2.75) is 121 Å². The van der Waals surface area contributed by atoms with Crippen LogP contribution in [0.25, 0.3) is 0 Å². The average molecular weight is 481 g/mol. The van der Waals surface area contributed by atoms with Crippen molar-refractivity contribution in [3.63, 3.8) is 0 Å². The predicted molar refractivity (Wildman–Crippen MR) is 127 cm³/mol. The maximum absolute atomic E-state index is 13.2. The van der Waals surface area contributed by atoms with Gasteiger partial charge in [0.1, 0.15) is 0 Å². The van der Waals surface area contributed by atoms with Crippen LogP contribution in [0.1, 0.15) is 86.0 Å². The van der Waals surface area contributed by atoms with Crippen LogP contribution in [0.5, 0.6) is 0 Å². The molecule has 4 aliphatic carbocycles. The number of aliphatic hydroxyl groups is 6. The van der Waals surface area contributed by atoms with Crippen LogP contribution in [0.15, 0.2) is 11.6 Å². The number of allylic oxidation sites excluding steroid dienone is 1. The minimum Gasteiger partial charge on any atom is -0.390 e. The van der Waals surface area contributed by atoms with Crippen LogP contribution >= 0.6 is 0 Å². The first-order valence-corrected chi connectivity index (χ1v) is 12.9. The number of hydrogen-bond acceptors (Lipinski definition) is 7. The lowest BCUT2D eigenvalue weighted by molar-refractivity contribution is -0.177. The van der Waals surface area contributed by atoms with Crippen LogP contribution in [0.4, 0.5) is 0 Å². The van der Waals surface area contributed by atoms with Crippen LogP contribution in [0, 0.1) is 28.6 Å². The van der Waals surface area contributed by atoms with Gasteiger partial charge in [-0.3, -0.25) is 4.79 Å². The molecule has 0 aromatic rings. The summed E-state index contributed by atoms with van der Waals surface area (Å²) in [6.45, 7) is 8.96. The quantitative estimate of drug-likeness (QED) is 0.353. The molecular formula is C27H44O7. The molecule has 3 fully saturated rings. The van der Waals surface area contributed by atoms with E-state index in [-0.39, 0.29) is 36.4 Å². The van der Waals surface area contributed by atoms with Gasteiger partial charge < -0.3 is 30.6 Å². The molecular weight excluding hydrogens is 436 g/mol. The zero-order chi connectivity index (χ0) is 25.5. The van der Waals surface area contributed by atoms with Gasteiger partial charge in [-0.25, -0.2) is 0 Å². The van der Waals surface area contributed by atoms with Gasteiger partial charge in [0.2, 0.25) is 0 Å². The Labute approximate surface area is 202 Å². The molecule has 1 unspecified atom stereocenters. The summed E-state index contributed by atoms with van der Waals surface area (Å²) in [7, 11) is 0. The van der Waals surface area contributed by atoms with Crippen molar-refractivity contribution in [2.24, 2.45) is 28.6 Å². The summed E-state index contributed by atoms with van der Waals surface area (Å²) in [4.78, 5) is 13.2. The van der Waals surface area contributed by atoms with E-state index in [2.05, 4.69) is 0 Å². The van der Waals surface area contributed by atoms with Gasteiger partial charge in [0.25, 0.3) is 0 Å². The fraction of sp³-hybridized carbons (Fsp3) is 0.889. The summed E-state index contributed by atoms with van der Waals surface area (Å²) in [5.74, 6) is -0.948. The summed E-state index contributed by atoms with van der Waals surface area (Å²) >= 11 is 0. The third kappa shape index (κ3) is 3.73. The molecule has 0 spiro atoms. The van der Waals surface area contributed by atoms with Gasteiger partial charge in [0.15, 0.2) is 5.78 Å². The second-order valence-corrected chi connectivity index (χ2v) is 13.2. The number of carbonyl (C=O) groups is 1. The zero-order valence-corrected chi connectivity index (χ0v) is 21.3.